The van der Waals surface area contributed by atoms with Crippen LogP contribution in [0.2, 0.25) is 0 Å². The van der Waals surface area contributed by atoms with Gasteiger partial charge in [0.15, 0.2) is 5.82 Å². The van der Waals surface area contributed by atoms with Gasteiger partial charge in [0, 0.05) is 26.2 Å². The monoisotopic (exact) mass is 349 g/mol. The van der Waals surface area contributed by atoms with E-state index in [1.807, 2.05) is 18.1 Å². The van der Waals surface area contributed by atoms with E-state index in [1.165, 1.54) is 0 Å². The van der Waals surface area contributed by atoms with Crippen molar-refractivity contribution in [2.45, 2.75) is 44.1 Å². The fourth-order valence-electron chi connectivity index (χ4n) is 2.76. The van der Waals surface area contributed by atoms with Gasteiger partial charge in [-0.1, -0.05) is 19.0 Å². The third-order valence-corrected chi connectivity index (χ3v) is 5.16. The summed E-state index contributed by atoms with van der Waals surface area (Å²) in [5.41, 5.74) is 0.867. The van der Waals surface area contributed by atoms with E-state index in [1.54, 1.807) is 22.6 Å². The van der Waals surface area contributed by atoms with Crippen LogP contribution in [0.4, 0.5) is 5.69 Å². The summed E-state index contributed by atoms with van der Waals surface area (Å²) < 4.78 is 6.97. The molecule has 1 amide bonds. The predicted octanol–water partition coefficient (Wildman–Crippen LogP) is 2.43. The van der Waals surface area contributed by atoms with E-state index >= 15 is 0 Å². The van der Waals surface area contributed by atoms with Crippen LogP contribution < -0.4 is 4.90 Å². The van der Waals surface area contributed by atoms with Gasteiger partial charge in [0.2, 0.25) is 11.8 Å². The van der Waals surface area contributed by atoms with E-state index in [2.05, 4.69) is 29.1 Å². The van der Waals surface area contributed by atoms with E-state index in [0.29, 0.717) is 23.4 Å². The van der Waals surface area contributed by atoms with Crippen LogP contribution in [-0.2, 0) is 24.0 Å². The molecule has 0 saturated carbocycles. The highest BCUT2D eigenvalue weighted by Gasteiger charge is 2.31. The molecule has 0 aromatic carbocycles. The van der Waals surface area contributed by atoms with Gasteiger partial charge in [0.25, 0.3) is 0 Å². The van der Waals surface area contributed by atoms with Crippen LogP contribution in [0.3, 0.4) is 0 Å². The summed E-state index contributed by atoms with van der Waals surface area (Å²) in [6, 6.07) is 0. The maximum absolute atomic E-state index is 12.7. The highest BCUT2D eigenvalue weighted by Crippen LogP contribution is 2.29. The second-order valence-electron chi connectivity index (χ2n) is 6.51. The van der Waals surface area contributed by atoms with Gasteiger partial charge in [-0.2, -0.15) is 10.1 Å². The number of aromatic nitrogens is 4. The number of rotatable bonds is 6. The van der Waals surface area contributed by atoms with E-state index < -0.39 is 0 Å². The van der Waals surface area contributed by atoms with Crippen LogP contribution in [0, 0.1) is 5.92 Å². The lowest BCUT2D eigenvalue weighted by molar-refractivity contribution is -0.119. The first-order valence-electron chi connectivity index (χ1n) is 8.26. The summed E-state index contributed by atoms with van der Waals surface area (Å²) in [5, 5.41) is 8.10. The standard InChI is InChI=1S/C16H23N5O2S/c1-11(2)7-15-18-14(19-23-15)10-24-13-5-4-6-21(16(13)22)12-8-17-20(3)9-12/h8-9,11,13H,4-7,10H2,1-3H3/t13-/m0/s1. The smallest absolute Gasteiger partial charge is 0.240 e. The Kier molecular flexibility index (Phi) is 5.23. The maximum Gasteiger partial charge on any atom is 0.240 e. The molecule has 24 heavy (non-hydrogen) atoms. The molecule has 0 unspecified atom stereocenters. The highest BCUT2D eigenvalue weighted by atomic mass is 32.2. The summed E-state index contributed by atoms with van der Waals surface area (Å²) >= 11 is 1.59. The van der Waals surface area contributed by atoms with Gasteiger partial charge in [0.05, 0.1) is 22.9 Å². The Balaban J connectivity index is 1.58. The number of anilines is 1. The Bertz CT molecular complexity index is 696. The van der Waals surface area contributed by atoms with E-state index in [0.717, 1.165) is 31.5 Å². The van der Waals surface area contributed by atoms with E-state index in [-0.39, 0.29) is 11.2 Å². The molecule has 0 spiro atoms. The lowest BCUT2D eigenvalue weighted by Crippen LogP contribution is -2.42. The second-order valence-corrected chi connectivity index (χ2v) is 7.70. The van der Waals surface area contributed by atoms with Crippen LogP contribution in [0.1, 0.15) is 38.4 Å². The first-order chi connectivity index (χ1) is 11.5. The van der Waals surface area contributed by atoms with Crippen molar-refractivity contribution in [1.82, 2.24) is 19.9 Å². The number of hydrogen-bond acceptors (Lipinski definition) is 6. The summed E-state index contributed by atoms with van der Waals surface area (Å²) in [7, 11) is 1.86. The maximum atomic E-state index is 12.7. The summed E-state index contributed by atoms with van der Waals surface area (Å²) in [5.74, 6) is 2.57. The first kappa shape index (κ1) is 17.0. The third kappa shape index (κ3) is 3.98. The number of amides is 1. The van der Waals surface area contributed by atoms with Crippen molar-refractivity contribution in [3.05, 3.63) is 24.1 Å². The van der Waals surface area contributed by atoms with Crippen LogP contribution in [0.15, 0.2) is 16.9 Å². The predicted molar refractivity (Wildman–Crippen MR) is 92.7 cm³/mol. The number of nitrogens with zero attached hydrogens (tertiary/aromatic N) is 5. The fraction of sp³-hybridized carbons (Fsp3) is 0.625. The zero-order valence-electron chi connectivity index (χ0n) is 14.3. The quantitative estimate of drug-likeness (QED) is 0.797. The number of hydrogen-bond donors (Lipinski definition) is 0. The van der Waals surface area contributed by atoms with Gasteiger partial charge in [-0.3, -0.25) is 9.48 Å². The molecule has 1 aliphatic rings. The van der Waals surface area contributed by atoms with Crippen molar-refractivity contribution in [1.29, 1.82) is 0 Å². The molecule has 1 atom stereocenters. The number of thioether (sulfide) groups is 1. The molecule has 130 valence electrons. The largest absolute Gasteiger partial charge is 0.339 e. The molecule has 0 radical (unpaired) electrons. The van der Waals surface area contributed by atoms with Crippen LogP contribution in [-0.4, -0.2) is 37.6 Å². The van der Waals surface area contributed by atoms with Crippen molar-refractivity contribution in [2.75, 3.05) is 11.4 Å². The molecular formula is C16H23N5O2S. The Hall–Kier alpha value is -1.83. The minimum absolute atomic E-state index is 0.0639. The average molecular weight is 349 g/mol. The van der Waals surface area contributed by atoms with Crippen LogP contribution in [0.5, 0.6) is 0 Å². The van der Waals surface area contributed by atoms with Gasteiger partial charge in [0.1, 0.15) is 0 Å². The summed E-state index contributed by atoms with van der Waals surface area (Å²) in [6.07, 6.45) is 6.28. The lowest BCUT2D eigenvalue weighted by Gasteiger charge is -2.30. The Morgan fingerprint density at radius 2 is 2.29 bits per heavy atom. The van der Waals surface area contributed by atoms with Gasteiger partial charge in [-0.25, -0.2) is 0 Å². The van der Waals surface area contributed by atoms with E-state index in [9.17, 15) is 4.79 Å². The molecule has 8 heteroatoms. The Labute approximate surface area is 145 Å². The van der Waals surface area contributed by atoms with Gasteiger partial charge < -0.3 is 9.42 Å². The summed E-state index contributed by atoms with van der Waals surface area (Å²) in [6.45, 7) is 4.99. The third-order valence-electron chi connectivity index (χ3n) is 3.90. The molecule has 1 fully saturated rings. The molecule has 1 aliphatic heterocycles. The van der Waals surface area contributed by atoms with E-state index in [4.69, 9.17) is 4.52 Å². The number of aryl methyl sites for hydroxylation is 1. The molecule has 0 N–H and O–H groups in total. The molecule has 2 aromatic heterocycles. The average Bonchev–Trinajstić information content (AvgIpc) is 3.15. The molecule has 3 rings (SSSR count). The molecule has 2 aromatic rings. The first-order valence-corrected chi connectivity index (χ1v) is 9.31. The van der Waals surface area contributed by atoms with Gasteiger partial charge in [-0.15, -0.1) is 11.8 Å². The Morgan fingerprint density at radius 3 is 3.00 bits per heavy atom. The second kappa shape index (κ2) is 7.38. The fourth-order valence-corrected chi connectivity index (χ4v) is 3.83. The minimum atomic E-state index is -0.0639. The van der Waals surface area contributed by atoms with Gasteiger partial charge >= 0.3 is 0 Å². The minimum Gasteiger partial charge on any atom is -0.339 e. The highest BCUT2D eigenvalue weighted by molar-refractivity contribution is 7.99. The normalized spacial score (nSPS) is 18.6. The topological polar surface area (TPSA) is 77.1 Å². The molecule has 1 saturated heterocycles. The summed E-state index contributed by atoms with van der Waals surface area (Å²) in [4.78, 5) is 18.9. The van der Waals surface area contributed by atoms with Crippen LogP contribution in [0.25, 0.3) is 0 Å². The Morgan fingerprint density at radius 1 is 1.46 bits per heavy atom. The van der Waals surface area contributed by atoms with Crippen molar-refractivity contribution in [3.63, 3.8) is 0 Å². The molecule has 3 heterocycles. The zero-order chi connectivity index (χ0) is 17.1. The lowest BCUT2D eigenvalue weighted by atomic mass is 10.1. The van der Waals surface area contributed by atoms with Crippen molar-refractivity contribution < 1.29 is 9.32 Å². The van der Waals surface area contributed by atoms with Crippen molar-refractivity contribution >= 4 is 23.4 Å². The molecule has 0 bridgehead atoms. The molecule has 0 aliphatic carbocycles. The molecular weight excluding hydrogens is 326 g/mol. The van der Waals surface area contributed by atoms with Gasteiger partial charge in [-0.05, 0) is 18.8 Å². The van der Waals surface area contributed by atoms with Crippen molar-refractivity contribution in [3.8, 4) is 0 Å². The molecule has 7 nitrogen and oxygen atoms in total. The number of carbonyl (C=O) groups excluding carboxylic acids is 1. The number of piperidine rings is 1. The zero-order valence-corrected chi connectivity index (χ0v) is 15.1. The number of carbonyl (C=O) groups is 1. The van der Waals surface area contributed by atoms with Crippen molar-refractivity contribution in [2.24, 2.45) is 13.0 Å². The van der Waals surface area contributed by atoms with Crippen LogP contribution >= 0.6 is 11.8 Å². The SMILES string of the molecule is CC(C)Cc1nc(CS[C@H]2CCCN(c3cnn(C)c3)C2=O)no1.